The molecular weight excluding hydrogens is 178 g/mol. The summed E-state index contributed by atoms with van der Waals surface area (Å²) in [5, 5.41) is 5.93. The predicted octanol–water partition coefficient (Wildman–Crippen LogP) is 0.823. The SMILES string of the molecule is CC(CC1CCC1)NCCNC(N)=O. The Kier molecular flexibility index (Phi) is 4.73. The molecule has 1 atom stereocenters. The van der Waals surface area contributed by atoms with Crippen molar-refractivity contribution >= 4 is 6.03 Å². The highest BCUT2D eigenvalue weighted by molar-refractivity contribution is 5.71. The Morgan fingerprint density at radius 2 is 2.21 bits per heavy atom. The highest BCUT2D eigenvalue weighted by Gasteiger charge is 2.19. The third-order valence-corrected chi connectivity index (χ3v) is 2.83. The van der Waals surface area contributed by atoms with Crippen LogP contribution in [-0.4, -0.2) is 25.2 Å². The first kappa shape index (κ1) is 11.3. The molecule has 0 radical (unpaired) electrons. The summed E-state index contributed by atoms with van der Waals surface area (Å²) in [6.45, 7) is 3.61. The van der Waals surface area contributed by atoms with E-state index >= 15 is 0 Å². The fourth-order valence-corrected chi connectivity index (χ4v) is 1.82. The molecule has 0 bridgehead atoms. The van der Waals surface area contributed by atoms with Crippen molar-refractivity contribution in [1.29, 1.82) is 0 Å². The second-order valence-corrected chi connectivity index (χ2v) is 4.18. The van der Waals surface area contributed by atoms with E-state index in [4.69, 9.17) is 5.73 Å². The second-order valence-electron chi connectivity index (χ2n) is 4.18. The van der Waals surface area contributed by atoms with E-state index in [0.717, 1.165) is 12.5 Å². The number of primary amides is 1. The Morgan fingerprint density at radius 1 is 1.50 bits per heavy atom. The van der Waals surface area contributed by atoms with E-state index in [-0.39, 0.29) is 0 Å². The van der Waals surface area contributed by atoms with E-state index < -0.39 is 6.03 Å². The van der Waals surface area contributed by atoms with Crippen molar-refractivity contribution in [3.63, 3.8) is 0 Å². The summed E-state index contributed by atoms with van der Waals surface area (Å²) in [7, 11) is 0. The number of urea groups is 1. The molecule has 2 amide bonds. The Labute approximate surface area is 85.6 Å². The minimum absolute atomic E-state index is 0.446. The molecule has 0 aromatic carbocycles. The first-order valence-corrected chi connectivity index (χ1v) is 5.45. The molecule has 0 aromatic heterocycles. The van der Waals surface area contributed by atoms with Gasteiger partial charge in [0, 0.05) is 19.1 Å². The molecule has 0 heterocycles. The number of carbonyl (C=O) groups excluding carboxylic acids is 1. The first-order valence-electron chi connectivity index (χ1n) is 5.45. The third-order valence-electron chi connectivity index (χ3n) is 2.83. The zero-order chi connectivity index (χ0) is 10.4. The lowest BCUT2D eigenvalue weighted by Gasteiger charge is -2.28. The van der Waals surface area contributed by atoms with Gasteiger partial charge in [-0.2, -0.15) is 0 Å². The number of carbonyl (C=O) groups is 1. The molecule has 0 aliphatic heterocycles. The molecule has 0 spiro atoms. The second kappa shape index (κ2) is 5.86. The van der Waals surface area contributed by atoms with Crippen LogP contribution in [0.4, 0.5) is 4.79 Å². The number of nitrogens with one attached hydrogen (secondary N) is 2. The average Bonchev–Trinajstić information content (AvgIpc) is 2.05. The highest BCUT2D eigenvalue weighted by Crippen LogP contribution is 2.30. The number of hydrogen-bond acceptors (Lipinski definition) is 2. The van der Waals surface area contributed by atoms with Crippen molar-refractivity contribution in [2.75, 3.05) is 13.1 Å². The summed E-state index contributed by atoms with van der Waals surface area (Å²) in [5.74, 6) is 0.932. The Hall–Kier alpha value is -0.770. The average molecular weight is 199 g/mol. The summed E-state index contributed by atoms with van der Waals surface area (Å²) < 4.78 is 0. The van der Waals surface area contributed by atoms with Crippen LogP contribution in [0, 0.1) is 5.92 Å². The molecule has 1 rings (SSSR count). The molecule has 1 unspecified atom stereocenters. The van der Waals surface area contributed by atoms with Crippen LogP contribution in [-0.2, 0) is 0 Å². The molecule has 4 heteroatoms. The van der Waals surface area contributed by atoms with E-state index in [0.29, 0.717) is 12.6 Å². The topological polar surface area (TPSA) is 67.2 Å². The monoisotopic (exact) mass is 199 g/mol. The molecule has 0 aromatic rings. The van der Waals surface area contributed by atoms with E-state index in [1.807, 2.05) is 0 Å². The zero-order valence-electron chi connectivity index (χ0n) is 8.88. The van der Waals surface area contributed by atoms with Crippen LogP contribution in [0.5, 0.6) is 0 Å². The summed E-state index contributed by atoms with van der Waals surface area (Å²) in [6, 6.07) is 0.105. The predicted molar refractivity (Wildman–Crippen MR) is 57.0 cm³/mol. The van der Waals surface area contributed by atoms with Gasteiger partial charge in [-0.1, -0.05) is 19.3 Å². The fourth-order valence-electron chi connectivity index (χ4n) is 1.82. The van der Waals surface area contributed by atoms with Crippen molar-refractivity contribution in [3.8, 4) is 0 Å². The van der Waals surface area contributed by atoms with Crippen molar-refractivity contribution in [2.24, 2.45) is 11.7 Å². The molecule has 4 N–H and O–H groups in total. The maximum Gasteiger partial charge on any atom is 0.312 e. The number of nitrogens with two attached hydrogens (primary N) is 1. The lowest BCUT2D eigenvalue weighted by atomic mass is 9.81. The maximum atomic E-state index is 10.4. The highest BCUT2D eigenvalue weighted by atomic mass is 16.2. The van der Waals surface area contributed by atoms with Crippen molar-refractivity contribution in [3.05, 3.63) is 0 Å². The van der Waals surface area contributed by atoms with Crippen LogP contribution in [0.25, 0.3) is 0 Å². The van der Waals surface area contributed by atoms with Gasteiger partial charge >= 0.3 is 6.03 Å². The molecule has 4 nitrogen and oxygen atoms in total. The van der Waals surface area contributed by atoms with Crippen LogP contribution in [0.15, 0.2) is 0 Å². The van der Waals surface area contributed by atoms with Gasteiger partial charge in [0.05, 0.1) is 0 Å². The first-order chi connectivity index (χ1) is 6.68. The lowest BCUT2D eigenvalue weighted by molar-refractivity contribution is 0.247. The minimum Gasteiger partial charge on any atom is -0.352 e. The molecule has 1 saturated carbocycles. The summed E-state index contributed by atoms with van der Waals surface area (Å²) in [6.07, 6.45) is 5.45. The van der Waals surface area contributed by atoms with Gasteiger partial charge < -0.3 is 16.4 Å². The van der Waals surface area contributed by atoms with Crippen molar-refractivity contribution < 1.29 is 4.79 Å². The molecule has 0 saturated heterocycles. The normalized spacial score (nSPS) is 18.6. The Balaban J connectivity index is 1.91. The van der Waals surface area contributed by atoms with E-state index in [1.54, 1.807) is 0 Å². The van der Waals surface area contributed by atoms with Gasteiger partial charge in [-0.3, -0.25) is 0 Å². The van der Waals surface area contributed by atoms with Crippen molar-refractivity contribution in [1.82, 2.24) is 10.6 Å². The van der Waals surface area contributed by atoms with Crippen LogP contribution in [0.3, 0.4) is 0 Å². The Bertz CT molecular complexity index is 180. The maximum absolute atomic E-state index is 10.4. The summed E-state index contributed by atoms with van der Waals surface area (Å²) in [5.41, 5.74) is 4.94. The minimum atomic E-state index is -0.446. The van der Waals surface area contributed by atoms with E-state index in [2.05, 4.69) is 17.6 Å². The molecule has 82 valence electrons. The quantitative estimate of drug-likeness (QED) is 0.554. The van der Waals surface area contributed by atoms with Gasteiger partial charge in [0.1, 0.15) is 0 Å². The van der Waals surface area contributed by atoms with E-state index in [9.17, 15) is 4.79 Å². The van der Waals surface area contributed by atoms with Crippen molar-refractivity contribution in [2.45, 2.75) is 38.6 Å². The van der Waals surface area contributed by atoms with Gasteiger partial charge in [0.2, 0.25) is 0 Å². The largest absolute Gasteiger partial charge is 0.352 e. The number of rotatable bonds is 6. The van der Waals surface area contributed by atoms with Gasteiger partial charge in [0.25, 0.3) is 0 Å². The standard InChI is InChI=1S/C10H21N3O/c1-8(7-9-3-2-4-9)12-5-6-13-10(11)14/h8-9,12H,2-7H2,1H3,(H3,11,13,14). The number of amides is 2. The van der Waals surface area contributed by atoms with Gasteiger partial charge in [-0.15, -0.1) is 0 Å². The molecular formula is C10H21N3O. The van der Waals surface area contributed by atoms with Gasteiger partial charge in [-0.05, 0) is 19.3 Å². The third kappa shape index (κ3) is 4.46. The smallest absolute Gasteiger partial charge is 0.312 e. The zero-order valence-corrected chi connectivity index (χ0v) is 8.88. The van der Waals surface area contributed by atoms with Gasteiger partial charge in [-0.25, -0.2) is 4.79 Å². The van der Waals surface area contributed by atoms with Crippen LogP contribution in [0.1, 0.15) is 32.6 Å². The van der Waals surface area contributed by atoms with E-state index in [1.165, 1.54) is 25.7 Å². The fraction of sp³-hybridized carbons (Fsp3) is 0.900. The van der Waals surface area contributed by atoms with Gasteiger partial charge in [0.15, 0.2) is 0 Å². The number of hydrogen-bond donors (Lipinski definition) is 3. The van der Waals surface area contributed by atoms with Crippen LogP contribution < -0.4 is 16.4 Å². The lowest BCUT2D eigenvalue weighted by Crippen LogP contribution is -2.39. The summed E-state index contributed by atoms with van der Waals surface area (Å²) in [4.78, 5) is 10.4. The molecule has 1 aliphatic carbocycles. The molecule has 14 heavy (non-hydrogen) atoms. The molecule has 1 aliphatic rings. The van der Waals surface area contributed by atoms with Crippen LogP contribution in [0.2, 0.25) is 0 Å². The Morgan fingerprint density at radius 3 is 2.71 bits per heavy atom. The summed E-state index contributed by atoms with van der Waals surface area (Å²) >= 11 is 0. The molecule has 1 fully saturated rings. The van der Waals surface area contributed by atoms with Crippen LogP contribution >= 0.6 is 0 Å².